The molecule has 3 N–H and O–H groups in total. The van der Waals surface area contributed by atoms with Crippen LogP contribution in [0.25, 0.3) is 0 Å². The highest BCUT2D eigenvalue weighted by atomic mass is 35.5. The molecule has 0 fully saturated rings. The van der Waals surface area contributed by atoms with E-state index in [2.05, 4.69) is 5.32 Å². The van der Waals surface area contributed by atoms with Gasteiger partial charge in [-0.1, -0.05) is 18.2 Å². The zero-order chi connectivity index (χ0) is 12.7. The highest BCUT2D eigenvalue weighted by molar-refractivity contribution is 7.99. The lowest BCUT2D eigenvalue weighted by Crippen LogP contribution is -2.45. The van der Waals surface area contributed by atoms with Crippen molar-refractivity contribution in [1.82, 2.24) is 5.32 Å². The van der Waals surface area contributed by atoms with E-state index in [1.165, 1.54) is 11.8 Å². The lowest BCUT2D eigenvalue weighted by atomic mass is 10.2. The van der Waals surface area contributed by atoms with Gasteiger partial charge in [0.25, 0.3) is 0 Å². The minimum Gasteiger partial charge on any atom is -0.465 e. The molecule has 1 aromatic rings. The molecule has 2 atom stereocenters. The Balaban J connectivity index is 2.51. The van der Waals surface area contributed by atoms with Crippen LogP contribution in [0.15, 0.2) is 35.2 Å². The molecule has 1 rings (SSSR count). The average molecular weight is 276 g/mol. The maximum Gasteiger partial charge on any atom is 0.404 e. The van der Waals surface area contributed by atoms with E-state index in [4.69, 9.17) is 16.7 Å². The number of aliphatic hydroxyl groups excluding tert-OH is 1. The quantitative estimate of drug-likeness (QED) is 0.549. The predicted molar refractivity (Wildman–Crippen MR) is 68.8 cm³/mol. The summed E-state index contributed by atoms with van der Waals surface area (Å²) in [6.07, 6.45) is -2.04. The van der Waals surface area contributed by atoms with Crippen LogP contribution < -0.4 is 5.32 Å². The van der Waals surface area contributed by atoms with Crippen LogP contribution in [-0.4, -0.2) is 40.1 Å². The Labute approximate surface area is 109 Å². The molecule has 0 aromatic heterocycles. The molecule has 0 aliphatic carbocycles. The van der Waals surface area contributed by atoms with Gasteiger partial charge >= 0.3 is 6.09 Å². The van der Waals surface area contributed by atoms with Gasteiger partial charge in [-0.3, -0.25) is 0 Å². The van der Waals surface area contributed by atoms with Crippen LogP contribution in [0, 0.1) is 0 Å². The summed E-state index contributed by atoms with van der Waals surface area (Å²) >= 11 is 6.99. The molecule has 94 valence electrons. The third-order valence-corrected chi connectivity index (χ3v) is 3.55. The first-order valence-electron chi connectivity index (χ1n) is 5.05. The Morgan fingerprint density at radius 3 is 2.59 bits per heavy atom. The molecule has 17 heavy (non-hydrogen) atoms. The van der Waals surface area contributed by atoms with E-state index in [-0.39, 0.29) is 5.88 Å². The first-order valence-corrected chi connectivity index (χ1v) is 6.57. The fourth-order valence-electron chi connectivity index (χ4n) is 1.22. The Morgan fingerprint density at radius 1 is 1.41 bits per heavy atom. The fourth-order valence-corrected chi connectivity index (χ4v) is 2.46. The second kappa shape index (κ2) is 7.42. The Hall–Kier alpha value is -0.910. The van der Waals surface area contributed by atoms with Gasteiger partial charge in [0.1, 0.15) is 0 Å². The SMILES string of the molecule is O=C(O)N[C@@H](CSc1ccccc1)[C@@H](O)CCl. The Morgan fingerprint density at radius 2 is 2.06 bits per heavy atom. The van der Waals surface area contributed by atoms with Crippen LogP contribution in [0.4, 0.5) is 4.79 Å². The number of hydrogen-bond acceptors (Lipinski definition) is 3. The number of benzene rings is 1. The van der Waals surface area contributed by atoms with Crippen molar-refractivity contribution in [3.05, 3.63) is 30.3 Å². The third kappa shape index (κ3) is 5.30. The number of carboxylic acid groups (broad SMARTS) is 1. The second-order valence-electron chi connectivity index (χ2n) is 3.40. The van der Waals surface area contributed by atoms with E-state index in [0.29, 0.717) is 5.75 Å². The van der Waals surface area contributed by atoms with E-state index >= 15 is 0 Å². The highest BCUT2D eigenvalue weighted by Crippen LogP contribution is 2.19. The summed E-state index contributed by atoms with van der Waals surface area (Å²) in [6.45, 7) is 0. The third-order valence-electron chi connectivity index (χ3n) is 2.10. The normalized spacial score (nSPS) is 14.0. The lowest BCUT2D eigenvalue weighted by molar-refractivity contribution is 0.143. The van der Waals surface area contributed by atoms with Crippen molar-refractivity contribution in [2.24, 2.45) is 0 Å². The summed E-state index contributed by atoms with van der Waals surface area (Å²) in [6, 6.07) is 8.99. The Kier molecular flexibility index (Phi) is 6.18. The smallest absolute Gasteiger partial charge is 0.404 e. The van der Waals surface area contributed by atoms with Crippen LogP contribution in [0.5, 0.6) is 0 Å². The van der Waals surface area contributed by atoms with Crippen LogP contribution in [0.1, 0.15) is 0 Å². The molecule has 0 aliphatic rings. The van der Waals surface area contributed by atoms with Gasteiger partial charge in [-0.15, -0.1) is 23.4 Å². The van der Waals surface area contributed by atoms with Crippen LogP contribution >= 0.6 is 23.4 Å². The van der Waals surface area contributed by atoms with Crippen molar-refractivity contribution < 1.29 is 15.0 Å². The van der Waals surface area contributed by atoms with Crippen LogP contribution in [0.3, 0.4) is 0 Å². The molecule has 0 unspecified atom stereocenters. The number of amides is 1. The fraction of sp³-hybridized carbons (Fsp3) is 0.364. The van der Waals surface area contributed by atoms with Gasteiger partial charge in [-0.05, 0) is 12.1 Å². The summed E-state index contributed by atoms with van der Waals surface area (Å²) < 4.78 is 0. The average Bonchev–Trinajstić information content (AvgIpc) is 2.34. The molecule has 4 nitrogen and oxygen atoms in total. The van der Waals surface area contributed by atoms with E-state index < -0.39 is 18.2 Å². The summed E-state index contributed by atoms with van der Waals surface area (Å²) in [5.41, 5.74) is 0. The number of thioether (sulfide) groups is 1. The standard InChI is InChI=1S/C11H14ClNO3S/c12-6-10(14)9(13-11(15)16)7-17-8-4-2-1-3-5-8/h1-5,9-10,13-14H,6-7H2,(H,15,16)/t9-,10-/m0/s1. The molecule has 0 radical (unpaired) electrons. The number of carbonyl (C=O) groups is 1. The molecule has 0 bridgehead atoms. The monoisotopic (exact) mass is 275 g/mol. The number of halogens is 1. The van der Waals surface area contributed by atoms with Crippen molar-refractivity contribution >= 4 is 29.5 Å². The van der Waals surface area contributed by atoms with Gasteiger partial charge in [0, 0.05) is 10.6 Å². The molecule has 6 heteroatoms. The number of hydrogen-bond donors (Lipinski definition) is 3. The van der Waals surface area contributed by atoms with Gasteiger partial charge in [0.15, 0.2) is 0 Å². The molecule has 0 saturated carbocycles. The van der Waals surface area contributed by atoms with Gasteiger partial charge < -0.3 is 15.5 Å². The zero-order valence-electron chi connectivity index (χ0n) is 9.04. The summed E-state index contributed by atoms with van der Waals surface area (Å²) in [7, 11) is 0. The molecule has 0 heterocycles. The van der Waals surface area contributed by atoms with Gasteiger partial charge in [0.05, 0.1) is 18.0 Å². The number of alkyl halides is 1. The second-order valence-corrected chi connectivity index (χ2v) is 4.80. The van der Waals surface area contributed by atoms with Crippen molar-refractivity contribution in [3.63, 3.8) is 0 Å². The van der Waals surface area contributed by atoms with Crippen molar-refractivity contribution in [2.75, 3.05) is 11.6 Å². The minimum absolute atomic E-state index is 0.000294. The predicted octanol–water partition coefficient (Wildman–Crippen LogP) is 2.01. The maximum absolute atomic E-state index is 10.6. The minimum atomic E-state index is -1.16. The highest BCUT2D eigenvalue weighted by Gasteiger charge is 2.20. The van der Waals surface area contributed by atoms with Crippen molar-refractivity contribution in [1.29, 1.82) is 0 Å². The topological polar surface area (TPSA) is 69.6 Å². The summed E-state index contributed by atoms with van der Waals surface area (Å²) in [5.74, 6) is 0.435. The van der Waals surface area contributed by atoms with Gasteiger partial charge in [-0.2, -0.15) is 0 Å². The Bertz CT molecular complexity index is 350. The number of aliphatic hydroxyl groups is 1. The molecule has 1 aromatic carbocycles. The van der Waals surface area contributed by atoms with Crippen LogP contribution in [0.2, 0.25) is 0 Å². The summed E-state index contributed by atoms with van der Waals surface area (Å²) in [4.78, 5) is 11.6. The first-order chi connectivity index (χ1) is 8.13. The number of nitrogens with one attached hydrogen (secondary N) is 1. The zero-order valence-corrected chi connectivity index (χ0v) is 10.6. The molecular formula is C11H14ClNO3S. The van der Waals surface area contributed by atoms with E-state index in [1.54, 1.807) is 0 Å². The first kappa shape index (κ1) is 14.2. The number of rotatable bonds is 6. The molecular weight excluding hydrogens is 262 g/mol. The van der Waals surface area contributed by atoms with Crippen molar-refractivity contribution in [2.45, 2.75) is 17.0 Å². The molecule has 1 amide bonds. The van der Waals surface area contributed by atoms with Gasteiger partial charge in [0.2, 0.25) is 0 Å². The lowest BCUT2D eigenvalue weighted by Gasteiger charge is -2.20. The molecule has 0 spiro atoms. The summed E-state index contributed by atoms with van der Waals surface area (Å²) in [5, 5.41) is 20.5. The molecule has 0 saturated heterocycles. The largest absolute Gasteiger partial charge is 0.465 e. The van der Waals surface area contributed by atoms with Crippen molar-refractivity contribution in [3.8, 4) is 0 Å². The maximum atomic E-state index is 10.6. The van der Waals surface area contributed by atoms with Crippen LogP contribution in [-0.2, 0) is 0 Å². The van der Waals surface area contributed by atoms with E-state index in [1.807, 2.05) is 30.3 Å². The molecule has 0 aliphatic heterocycles. The van der Waals surface area contributed by atoms with E-state index in [0.717, 1.165) is 4.90 Å². The van der Waals surface area contributed by atoms with Gasteiger partial charge in [-0.25, -0.2) is 4.79 Å². The van der Waals surface area contributed by atoms with E-state index in [9.17, 15) is 9.90 Å².